The summed E-state index contributed by atoms with van der Waals surface area (Å²) in [5, 5.41) is 18.5. The zero-order valence-corrected chi connectivity index (χ0v) is 11.8. The van der Waals surface area contributed by atoms with Gasteiger partial charge in [0.25, 0.3) is 0 Å². The van der Waals surface area contributed by atoms with Crippen LogP contribution in [0.4, 0.5) is 0 Å². The van der Waals surface area contributed by atoms with Crippen molar-refractivity contribution >= 4 is 0 Å². The van der Waals surface area contributed by atoms with Gasteiger partial charge < -0.3 is 0 Å². The molecule has 0 spiro atoms. The summed E-state index contributed by atoms with van der Waals surface area (Å²) in [6.45, 7) is 9.72. The molecule has 0 aliphatic rings. The Hall–Kier alpha value is -1.80. The highest BCUT2D eigenvalue weighted by atomic mass is 14.4. The van der Waals surface area contributed by atoms with Crippen LogP contribution in [-0.4, -0.2) is 0 Å². The maximum atomic E-state index is 9.25. The first-order chi connectivity index (χ1) is 8.26. The third kappa shape index (κ3) is 2.71. The zero-order valence-electron chi connectivity index (χ0n) is 11.8. The summed E-state index contributed by atoms with van der Waals surface area (Å²) in [4.78, 5) is 0. The molecule has 2 heteroatoms. The van der Waals surface area contributed by atoms with E-state index in [4.69, 9.17) is 0 Å². The van der Waals surface area contributed by atoms with Gasteiger partial charge in [-0.2, -0.15) is 10.5 Å². The Kier molecular flexibility index (Phi) is 3.82. The van der Waals surface area contributed by atoms with Crippen molar-refractivity contribution in [1.82, 2.24) is 0 Å². The van der Waals surface area contributed by atoms with Crippen LogP contribution in [0.2, 0.25) is 0 Å². The van der Waals surface area contributed by atoms with Gasteiger partial charge in [0, 0.05) is 0 Å². The standard InChI is InChI=1S/C16H20N2/c1-6-12-7-13(15(2,3)10-17)9-14(8-12)16(4,5)11-18/h7-9H,6H2,1-5H3. The maximum Gasteiger partial charge on any atom is 0.0766 e. The Balaban J connectivity index is 3.47. The van der Waals surface area contributed by atoms with Crippen LogP contribution in [0.15, 0.2) is 18.2 Å². The molecule has 1 aromatic rings. The molecule has 0 aromatic heterocycles. The summed E-state index contributed by atoms with van der Waals surface area (Å²) >= 11 is 0. The molecular formula is C16H20N2. The van der Waals surface area contributed by atoms with Crippen LogP contribution in [-0.2, 0) is 17.3 Å². The number of aryl methyl sites for hydroxylation is 1. The molecule has 0 amide bonds. The van der Waals surface area contributed by atoms with Crippen molar-refractivity contribution in [2.24, 2.45) is 0 Å². The molecule has 0 aliphatic heterocycles. The molecule has 1 rings (SSSR count). The van der Waals surface area contributed by atoms with E-state index >= 15 is 0 Å². The number of nitriles is 2. The minimum atomic E-state index is -0.522. The van der Waals surface area contributed by atoms with Gasteiger partial charge in [-0.05, 0) is 50.8 Å². The molecule has 0 saturated carbocycles. The quantitative estimate of drug-likeness (QED) is 0.805. The minimum Gasteiger partial charge on any atom is -0.197 e. The summed E-state index contributed by atoms with van der Waals surface area (Å²) in [5.74, 6) is 0. The van der Waals surface area contributed by atoms with E-state index in [9.17, 15) is 10.5 Å². The number of benzene rings is 1. The monoisotopic (exact) mass is 240 g/mol. The van der Waals surface area contributed by atoms with Crippen LogP contribution >= 0.6 is 0 Å². The van der Waals surface area contributed by atoms with Gasteiger partial charge >= 0.3 is 0 Å². The van der Waals surface area contributed by atoms with Crippen LogP contribution in [0.1, 0.15) is 51.3 Å². The number of hydrogen-bond acceptors (Lipinski definition) is 2. The lowest BCUT2D eigenvalue weighted by Crippen LogP contribution is -2.19. The molecule has 0 bridgehead atoms. The number of hydrogen-bond donors (Lipinski definition) is 0. The van der Waals surface area contributed by atoms with Crippen molar-refractivity contribution in [2.45, 2.75) is 51.9 Å². The van der Waals surface area contributed by atoms with Gasteiger partial charge in [-0.15, -0.1) is 0 Å². The van der Waals surface area contributed by atoms with Crippen molar-refractivity contribution in [3.05, 3.63) is 34.9 Å². The summed E-state index contributed by atoms with van der Waals surface area (Å²) in [6, 6.07) is 10.8. The van der Waals surface area contributed by atoms with E-state index in [1.807, 2.05) is 33.8 Å². The molecule has 0 heterocycles. The van der Waals surface area contributed by atoms with Gasteiger partial charge in [-0.3, -0.25) is 0 Å². The van der Waals surface area contributed by atoms with E-state index in [0.29, 0.717) is 0 Å². The first kappa shape index (κ1) is 14.3. The lowest BCUT2D eigenvalue weighted by molar-refractivity contribution is 0.659. The van der Waals surface area contributed by atoms with Gasteiger partial charge in [0.15, 0.2) is 0 Å². The highest BCUT2D eigenvalue weighted by Gasteiger charge is 2.25. The molecule has 0 unspecified atom stereocenters. The SMILES string of the molecule is CCc1cc(C(C)(C)C#N)cc(C(C)(C)C#N)c1. The third-order valence-corrected chi connectivity index (χ3v) is 3.40. The van der Waals surface area contributed by atoms with Crippen molar-refractivity contribution in [3.63, 3.8) is 0 Å². The molecule has 0 radical (unpaired) electrons. The van der Waals surface area contributed by atoms with Crippen molar-refractivity contribution in [1.29, 1.82) is 10.5 Å². The van der Waals surface area contributed by atoms with E-state index in [0.717, 1.165) is 17.5 Å². The topological polar surface area (TPSA) is 47.6 Å². The van der Waals surface area contributed by atoms with Gasteiger partial charge in [0.2, 0.25) is 0 Å². The Morgan fingerprint density at radius 1 is 0.889 bits per heavy atom. The fourth-order valence-electron chi connectivity index (χ4n) is 1.75. The van der Waals surface area contributed by atoms with E-state index in [1.54, 1.807) is 0 Å². The van der Waals surface area contributed by atoms with Gasteiger partial charge in [0.1, 0.15) is 0 Å². The molecule has 0 aliphatic carbocycles. The zero-order chi connectivity index (χ0) is 14.0. The first-order valence-electron chi connectivity index (χ1n) is 6.24. The second kappa shape index (κ2) is 4.83. The normalized spacial score (nSPS) is 11.7. The smallest absolute Gasteiger partial charge is 0.0766 e. The summed E-state index contributed by atoms with van der Waals surface area (Å²) < 4.78 is 0. The largest absolute Gasteiger partial charge is 0.197 e. The molecule has 0 saturated heterocycles. The van der Waals surface area contributed by atoms with E-state index < -0.39 is 10.8 Å². The van der Waals surface area contributed by atoms with Crippen LogP contribution < -0.4 is 0 Å². The lowest BCUT2D eigenvalue weighted by atomic mass is 9.79. The highest BCUT2D eigenvalue weighted by molar-refractivity contribution is 5.42. The van der Waals surface area contributed by atoms with Gasteiger partial charge in [-0.1, -0.05) is 25.1 Å². The van der Waals surface area contributed by atoms with E-state index in [1.165, 1.54) is 5.56 Å². The molecule has 0 atom stereocenters. The molecule has 1 aromatic carbocycles. The maximum absolute atomic E-state index is 9.25. The minimum absolute atomic E-state index is 0.522. The predicted molar refractivity (Wildman–Crippen MR) is 73.1 cm³/mol. The predicted octanol–water partition coefficient (Wildman–Crippen LogP) is 3.85. The second-order valence-corrected chi connectivity index (χ2v) is 5.75. The molecule has 2 nitrogen and oxygen atoms in total. The fraction of sp³-hybridized carbons (Fsp3) is 0.500. The lowest BCUT2D eigenvalue weighted by Gasteiger charge is -2.22. The van der Waals surface area contributed by atoms with Crippen LogP contribution in [0.5, 0.6) is 0 Å². The van der Waals surface area contributed by atoms with Crippen LogP contribution in [0.3, 0.4) is 0 Å². The van der Waals surface area contributed by atoms with Crippen molar-refractivity contribution < 1.29 is 0 Å². The molecular weight excluding hydrogens is 220 g/mol. The average molecular weight is 240 g/mol. The second-order valence-electron chi connectivity index (χ2n) is 5.75. The Morgan fingerprint density at radius 2 is 1.28 bits per heavy atom. The summed E-state index contributed by atoms with van der Waals surface area (Å²) in [5.41, 5.74) is 2.11. The first-order valence-corrected chi connectivity index (χ1v) is 6.24. The van der Waals surface area contributed by atoms with E-state index in [-0.39, 0.29) is 0 Å². The van der Waals surface area contributed by atoms with Crippen molar-refractivity contribution in [3.8, 4) is 12.1 Å². The summed E-state index contributed by atoms with van der Waals surface area (Å²) in [7, 11) is 0. The molecule has 18 heavy (non-hydrogen) atoms. The average Bonchev–Trinajstić information content (AvgIpc) is 2.38. The van der Waals surface area contributed by atoms with Crippen LogP contribution in [0.25, 0.3) is 0 Å². The van der Waals surface area contributed by atoms with Gasteiger partial charge in [-0.25, -0.2) is 0 Å². The fourth-order valence-corrected chi connectivity index (χ4v) is 1.75. The van der Waals surface area contributed by atoms with Crippen LogP contribution in [0, 0.1) is 22.7 Å². The molecule has 0 fully saturated rings. The number of nitrogens with zero attached hydrogens (tertiary/aromatic N) is 2. The Labute approximate surface area is 110 Å². The van der Waals surface area contributed by atoms with Crippen molar-refractivity contribution in [2.75, 3.05) is 0 Å². The Morgan fingerprint density at radius 3 is 1.56 bits per heavy atom. The molecule has 94 valence electrons. The highest BCUT2D eigenvalue weighted by Crippen LogP contribution is 2.30. The summed E-state index contributed by atoms with van der Waals surface area (Å²) in [6.07, 6.45) is 0.907. The number of rotatable bonds is 3. The Bertz CT molecular complexity index is 481. The molecule has 0 N–H and O–H groups in total. The van der Waals surface area contributed by atoms with E-state index in [2.05, 4.69) is 31.2 Å². The van der Waals surface area contributed by atoms with Gasteiger partial charge in [0.05, 0.1) is 23.0 Å². The third-order valence-electron chi connectivity index (χ3n) is 3.40.